The van der Waals surface area contributed by atoms with Gasteiger partial charge in [-0.2, -0.15) is 22.7 Å². The Morgan fingerprint density at radius 3 is 0.900 bits per heavy atom. The van der Waals surface area contributed by atoms with Gasteiger partial charge >= 0.3 is 0 Å². The van der Waals surface area contributed by atoms with E-state index in [1.54, 1.807) is 48.6 Å². The summed E-state index contributed by atoms with van der Waals surface area (Å²) < 4.78 is 10.3. The number of fused-ring (bicyclic) bond motifs is 2. The molecule has 0 fully saturated rings. The van der Waals surface area contributed by atoms with E-state index in [1.807, 2.05) is 0 Å². The van der Waals surface area contributed by atoms with Crippen LogP contribution in [0.5, 0.6) is 0 Å². The largest absolute Gasteiger partial charge is 0.154 e. The molecule has 50 heavy (non-hydrogen) atoms. The number of rotatable bonds is 7. The molecule has 2 aromatic rings. The first-order valence-corrected chi connectivity index (χ1v) is 49.2. The Balaban J connectivity index is 2.06. The van der Waals surface area contributed by atoms with E-state index in [-0.39, 0.29) is 0 Å². The van der Waals surface area contributed by atoms with Crippen molar-refractivity contribution in [2.45, 2.75) is 144 Å². The molecule has 0 N–H and O–H groups in total. The molecular formula is C38H66S4Si8. The van der Waals surface area contributed by atoms with E-state index in [0.29, 0.717) is 0 Å². The second kappa shape index (κ2) is 13.6. The molecule has 0 amide bonds. The van der Waals surface area contributed by atoms with Gasteiger partial charge in [0.2, 0.25) is 0 Å². The Morgan fingerprint density at radius 2 is 0.680 bits per heavy atom. The van der Waals surface area contributed by atoms with Crippen LogP contribution in [0.2, 0.25) is 144 Å². The summed E-state index contributed by atoms with van der Waals surface area (Å²) in [5.74, 6) is 8.01. The normalized spacial score (nSPS) is 17.8. The van der Waals surface area contributed by atoms with Crippen LogP contribution in [-0.4, -0.2) is 64.6 Å². The molecule has 0 saturated carbocycles. The Kier molecular flexibility index (Phi) is 11.7. The van der Waals surface area contributed by atoms with Gasteiger partial charge in [0.1, 0.15) is 32.3 Å². The molecule has 0 spiro atoms. The van der Waals surface area contributed by atoms with E-state index in [9.17, 15) is 0 Å². The zero-order chi connectivity index (χ0) is 38.6. The molecule has 2 aliphatic rings. The van der Waals surface area contributed by atoms with Gasteiger partial charge in [-0.25, -0.2) is 0 Å². The Labute approximate surface area is 332 Å². The van der Waals surface area contributed by atoms with Crippen molar-refractivity contribution in [2.24, 2.45) is 0 Å². The van der Waals surface area contributed by atoms with Crippen LogP contribution in [0.15, 0.2) is 9.06 Å². The quantitative estimate of drug-likeness (QED) is 0.154. The predicted octanol–water partition coefficient (Wildman–Crippen LogP) is 10.2. The minimum atomic E-state index is -2.01. The van der Waals surface area contributed by atoms with Crippen LogP contribution in [0, 0.1) is 22.9 Å². The topological polar surface area (TPSA) is 0 Å². The van der Waals surface area contributed by atoms with Crippen LogP contribution in [0.3, 0.4) is 0 Å². The Hall–Kier alpha value is 0.435. The van der Waals surface area contributed by atoms with Crippen molar-refractivity contribution in [2.75, 3.05) is 0 Å². The molecule has 0 aromatic carbocycles. The summed E-state index contributed by atoms with van der Waals surface area (Å²) >= 11 is 4.43. The van der Waals surface area contributed by atoms with Crippen LogP contribution in [0.4, 0.5) is 0 Å². The molecule has 2 aromatic heterocycles. The van der Waals surface area contributed by atoms with Gasteiger partial charge in [-0.1, -0.05) is 177 Å². The third-order valence-electron chi connectivity index (χ3n) is 9.21. The fraction of sp³-hybridized carbons (Fsp3) is 0.579. The summed E-state index contributed by atoms with van der Waals surface area (Å²) in [6.45, 7) is 56.0. The highest BCUT2D eigenvalue weighted by Crippen LogP contribution is 2.53. The first-order chi connectivity index (χ1) is 22.1. The average Bonchev–Trinajstić information content (AvgIpc) is 3.57. The maximum atomic E-state index is 4.01. The van der Waals surface area contributed by atoms with Crippen LogP contribution in [0.25, 0.3) is 11.1 Å². The van der Waals surface area contributed by atoms with E-state index in [1.165, 1.54) is 11.1 Å². The highest BCUT2D eigenvalue weighted by atomic mass is 33.1. The molecule has 0 nitrogen and oxygen atoms in total. The number of allylic oxidation sites excluding steroid dienone is 2. The van der Waals surface area contributed by atoms with Gasteiger partial charge in [0.15, 0.2) is 0 Å². The average molecular weight is 876 g/mol. The van der Waals surface area contributed by atoms with E-state index in [0.717, 1.165) is 0 Å². The maximum absolute atomic E-state index is 4.01. The standard InChI is InChI=1S/C38H66S4Si8/c1-43(2,3)25-23-27-29-31(37(47(13,14)15)39-35(29)45(7,8)9)49(19,20)33(27)41-42-34-28(24-26-44(4,5)6)30-32(50(34,21)22)38(48(16,17)18)40-36(30)46(10,11)12/h1-22H3. The highest BCUT2D eigenvalue weighted by molar-refractivity contribution is 8.80. The van der Waals surface area contributed by atoms with Gasteiger partial charge in [0.25, 0.3) is 0 Å². The summed E-state index contributed by atoms with van der Waals surface area (Å²) in [4.78, 5) is 0. The lowest BCUT2D eigenvalue weighted by Gasteiger charge is -2.28. The molecule has 0 saturated heterocycles. The first kappa shape index (κ1) is 43.2. The second-order valence-electron chi connectivity index (χ2n) is 21.8. The third-order valence-corrected chi connectivity index (χ3v) is 41.4. The molecule has 2 aliphatic heterocycles. The fourth-order valence-corrected chi connectivity index (χ4v) is 39.5. The molecular weight excluding hydrogens is 809 g/mol. The molecule has 274 valence electrons. The summed E-state index contributed by atoms with van der Waals surface area (Å²) in [5, 5.41) is 3.55. The SMILES string of the molecule is C[Si](C)(C)C#CC1=C(SSC2=C(C#C[Si](C)(C)C)c3c([Si](C)(C)C)sc([Si](C)(C)C)c3[Si]2(C)C)[Si](C)(C)c2c([Si](C)(C)C)sc([Si](C)(C)C)c21. The van der Waals surface area contributed by atoms with Crippen molar-refractivity contribution in [3.8, 4) is 22.9 Å². The molecule has 4 heterocycles. The first-order valence-electron chi connectivity index (χ1n) is 18.4. The Morgan fingerprint density at radius 1 is 0.420 bits per heavy atom. The minimum absolute atomic E-state index is 1.43. The van der Waals surface area contributed by atoms with Crippen LogP contribution in [-0.2, 0) is 0 Å². The van der Waals surface area contributed by atoms with Crippen molar-refractivity contribution >= 4 is 148 Å². The minimum Gasteiger partial charge on any atom is -0.154 e. The van der Waals surface area contributed by atoms with Crippen molar-refractivity contribution in [1.82, 2.24) is 0 Å². The molecule has 4 rings (SSSR count). The summed E-state index contributed by atoms with van der Waals surface area (Å²) in [5.41, 5.74) is 13.9. The van der Waals surface area contributed by atoms with Crippen LogP contribution < -0.4 is 28.4 Å². The smallest absolute Gasteiger partial charge is 0.129 e. The summed E-state index contributed by atoms with van der Waals surface area (Å²) in [6, 6.07) is 0. The lowest BCUT2D eigenvalue weighted by molar-refractivity contribution is 1.76. The van der Waals surface area contributed by atoms with E-state index < -0.39 is 64.6 Å². The van der Waals surface area contributed by atoms with Crippen molar-refractivity contribution in [3.05, 3.63) is 20.2 Å². The predicted molar refractivity (Wildman–Crippen MR) is 266 cm³/mol. The van der Waals surface area contributed by atoms with E-state index in [4.69, 9.17) is 0 Å². The number of thiophene rings is 2. The van der Waals surface area contributed by atoms with Gasteiger partial charge in [-0.15, -0.1) is 11.1 Å². The molecule has 0 unspecified atom stereocenters. The van der Waals surface area contributed by atoms with E-state index >= 15 is 0 Å². The van der Waals surface area contributed by atoms with Crippen molar-refractivity contribution < 1.29 is 0 Å². The van der Waals surface area contributed by atoms with Gasteiger partial charge in [-0.3, -0.25) is 0 Å². The lowest BCUT2D eigenvalue weighted by atomic mass is 10.2. The number of hydrogen-bond donors (Lipinski definition) is 0. The molecule has 0 radical (unpaired) electrons. The molecule has 12 heteroatoms. The molecule has 0 bridgehead atoms. The Bertz CT molecular complexity index is 1770. The van der Waals surface area contributed by atoms with Gasteiger partial charge in [0, 0.05) is 20.2 Å². The van der Waals surface area contributed by atoms with Crippen molar-refractivity contribution in [3.63, 3.8) is 0 Å². The summed E-state index contributed by atoms with van der Waals surface area (Å²) in [6.07, 6.45) is 0. The van der Waals surface area contributed by atoms with E-state index in [2.05, 4.69) is 211 Å². The van der Waals surface area contributed by atoms with Crippen LogP contribution in [0.1, 0.15) is 11.1 Å². The van der Waals surface area contributed by atoms with Crippen molar-refractivity contribution in [1.29, 1.82) is 0 Å². The van der Waals surface area contributed by atoms with Crippen LogP contribution >= 0.6 is 44.3 Å². The third kappa shape index (κ3) is 8.47. The summed E-state index contributed by atoms with van der Waals surface area (Å²) in [7, 11) is -9.26. The number of hydrogen-bond acceptors (Lipinski definition) is 4. The lowest BCUT2D eigenvalue weighted by Crippen LogP contribution is -2.55. The highest BCUT2D eigenvalue weighted by Gasteiger charge is 2.51. The van der Waals surface area contributed by atoms with Gasteiger partial charge in [0.05, 0.1) is 32.3 Å². The van der Waals surface area contributed by atoms with Gasteiger partial charge < -0.3 is 0 Å². The fourth-order valence-electron chi connectivity index (χ4n) is 6.84. The zero-order valence-corrected chi connectivity index (χ0v) is 46.9. The molecule has 0 aliphatic carbocycles. The monoisotopic (exact) mass is 874 g/mol. The molecule has 0 atom stereocenters. The maximum Gasteiger partial charge on any atom is 0.129 e. The zero-order valence-electron chi connectivity index (χ0n) is 35.6. The van der Waals surface area contributed by atoms with Gasteiger partial charge in [-0.05, 0) is 39.5 Å². The second-order valence-corrected chi connectivity index (χ2v) is 66.2.